The van der Waals surface area contributed by atoms with Gasteiger partial charge >= 0.3 is 5.97 Å². The highest BCUT2D eigenvalue weighted by atomic mass is 33.1. The molecule has 2 N–H and O–H groups in total. The second-order valence-electron chi connectivity index (χ2n) is 5.02. The van der Waals surface area contributed by atoms with Crippen molar-refractivity contribution in [3.05, 3.63) is 29.6 Å². The van der Waals surface area contributed by atoms with E-state index >= 15 is 0 Å². The molecule has 27 heavy (non-hydrogen) atoms. The molecule has 0 fully saturated rings. The summed E-state index contributed by atoms with van der Waals surface area (Å²) in [6, 6.07) is 1.67. The second kappa shape index (κ2) is 14.3. The number of carboxylic acid groups (broad SMARTS) is 1. The maximum absolute atomic E-state index is 12.2. The monoisotopic (exact) mass is 412 g/mol. The summed E-state index contributed by atoms with van der Waals surface area (Å²) in [5.41, 5.74) is 1.03. The minimum absolute atomic E-state index is 0.136. The smallest absolute Gasteiger partial charge is 0.304 e. The van der Waals surface area contributed by atoms with Crippen LogP contribution in [0.25, 0.3) is 0 Å². The summed E-state index contributed by atoms with van der Waals surface area (Å²) in [5.74, 6) is 5.98. The van der Waals surface area contributed by atoms with Crippen LogP contribution in [0.4, 0.5) is 0 Å². The van der Waals surface area contributed by atoms with E-state index in [0.717, 1.165) is 0 Å². The molecule has 0 saturated carbocycles. The molecule has 0 unspecified atom stereocenters. The quantitative estimate of drug-likeness (QED) is 0.234. The number of carbonyl (C=O) groups excluding carboxylic acids is 1. The third kappa shape index (κ3) is 10.9. The zero-order chi connectivity index (χ0) is 19.9. The number of nitrogens with zero attached hydrogens (tertiary/aromatic N) is 1. The highest BCUT2D eigenvalue weighted by molar-refractivity contribution is 8.76. The van der Waals surface area contributed by atoms with E-state index in [1.54, 1.807) is 12.3 Å². The Morgan fingerprint density at radius 3 is 2.59 bits per heavy atom. The summed E-state index contributed by atoms with van der Waals surface area (Å²) in [6.45, 7) is 5.20. The fourth-order valence-electron chi connectivity index (χ4n) is 1.76. The van der Waals surface area contributed by atoms with Gasteiger partial charge in [-0.2, -0.15) is 0 Å². The van der Waals surface area contributed by atoms with Gasteiger partial charge in [0.05, 0.1) is 12.0 Å². The molecule has 0 aliphatic heterocycles. The molecule has 0 aliphatic rings. The number of aromatic nitrogens is 1. The molecular formula is C18H24N2O5S2. The zero-order valence-corrected chi connectivity index (χ0v) is 17.0. The predicted molar refractivity (Wildman–Crippen MR) is 108 cm³/mol. The lowest BCUT2D eigenvalue weighted by Gasteiger charge is -2.09. The van der Waals surface area contributed by atoms with Gasteiger partial charge in [0.2, 0.25) is 6.29 Å². The Morgan fingerprint density at radius 1 is 1.22 bits per heavy atom. The van der Waals surface area contributed by atoms with Crippen molar-refractivity contribution in [2.75, 3.05) is 31.3 Å². The molecule has 1 aromatic rings. The van der Waals surface area contributed by atoms with Gasteiger partial charge in [-0.1, -0.05) is 27.5 Å². The molecule has 0 spiro atoms. The zero-order valence-electron chi connectivity index (χ0n) is 15.4. The molecular weight excluding hydrogens is 388 g/mol. The Bertz CT molecular complexity index is 655. The summed E-state index contributed by atoms with van der Waals surface area (Å²) in [7, 11) is 3.01. The van der Waals surface area contributed by atoms with Crippen molar-refractivity contribution in [3.8, 4) is 11.8 Å². The Morgan fingerprint density at radius 2 is 1.93 bits per heavy atom. The van der Waals surface area contributed by atoms with Gasteiger partial charge in [-0.25, -0.2) is 0 Å². The van der Waals surface area contributed by atoms with Crippen molar-refractivity contribution in [2.45, 2.75) is 26.6 Å². The molecule has 0 aromatic carbocycles. The minimum Gasteiger partial charge on any atom is -0.481 e. The highest BCUT2D eigenvalue weighted by Crippen LogP contribution is 2.20. The molecule has 9 heteroatoms. The first kappa shape index (κ1) is 23.3. The van der Waals surface area contributed by atoms with Gasteiger partial charge in [0.25, 0.3) is 5.91 Å². The Kier molecular flexibility index (Phi) is 12.4. The fraction of sp³-hybridized carbons (Fsp3) is 0.500. The van der Waals surface area contributed by atoms with Crippen molar-refractivity contribution in [1.29, 1.82) is 0 Å². The van der Waals surface area contributed by atoms with Gasteiger partial charge in [0, 0.05) is 49.2 Å². The van der Waals surface area contributed by atoms with E-state index in [-0.39, 0.29) is 12.3 Å². The van der Waals surface area contributed by atoms with Crippen molar-refractivity contribution < 1.29 is 24.2 Å². The number of pyridine rings is 1. The molecule has 0 saturated heterocycles. The van der Waals surface area contributed by atoms with E-state index in [1.807, 2.05) is 13.8 Å². The molecule has 1 rings (SSSR count). The van der Waals surface area contributed by atoms with E-state index in [0.29, 0.717) is 42.4 Å². The number of rotatable bonds is 12. The number of hydrogen-bond donors (Lipinski definition) is 2. The number of hydrogen-bond acceptors (Lipinski definition) is 7. The third-order valence-electron chi connectivity index (χ3n) is 2.92. The van der Waals surface area contributed by atoms with Gasteiger partial charge in [-0.05, 0) is 25.8 Å². The molecule has 0 atom stereocenters. The summed E-state index contributed by atoms with van der Waals surface area (Å²) < 4.78 is 10.7. The lowest BCUT2D eigenvalue weighted by Crippen LogP contribution is -2.25. The van der Waals surface area contributed by atoms with E-state index < -0.39 is 12.3 Å². The van der Waals surface area contributed by atoms with Crippen LogP contribution in [0.2, 0.25) is 0 Å². The first-order valence-electron chi connectivity index (χ1n) is 8.51. The lowest BCUT2D eigenvalue weighted by atomic mass is 10.2. The van der Waals surface area contributed by atoms with E-state index in [2.05, 4.69) is 22.1 Å². The molecule has 0 aliphatic carbocycles. The predicted octanol–water partition coefficient (Wildman–Crippen LogP) is 2.42. The van der Waals surface area contributed by atoms with E-state index in [4.69, 9.17) is 14.6 Å². The van der Waals surface area contributed by atoms with Crippen LogP contribution < -0.4 is 5.32 Å². The Labute approximate surface area is 167 Å². The summed E-state index contributed by atoms with van der Waals surface area (Å²) in [5, 5.41) is 11.4. The van der Waals surface area contributed by atoms with Gasteiger partial charge in [0.15, 0.2) is 0 Å². The van der Waals surface area contributed by atoms with Crippen LogP contribution in [0, 0.1) is 11.8 Å². The average Bonchev–Trinajstić information content (AvgIpc) is 2.65. The second-order valence-corrected chi connectivity index (χ2v) is 7.72. The van der Waals surface area contributed by atoms with Crippen LogP contribution >= 0.6 is 21.6 Å². The maximum Gasteiger partial charge on any atom is 0.304 e. The molecule has 1 heterocycles. The summed E-state index contributed by atoms with van der Waals surface area (Å²) in [6.07, 6.45) is 2.59. The Hall–Kier alpha value is -1.73. The van der Waals surface area contributed by atoms with Crippen LogP contribution in [0.1, 0.15) is 36.2 Å². The summed E-state index contributed by atoms with van der Waals surface area (Å²) in [4.78, 5) is 26.6. The standard InChI is InChI=1S/C18H24N2O5S2/c1-3-24-17(25-4-2)6-5-14-11-15(13-19-12-14)18(23)20-8-10-27-26-9-7-16(21)22/h11-13,17H,3-4,7-10H2,1-2H3,(H,20,23)(H,21,22). The molecule has 1 amide bonds. The molecule has 1 aromatic heterocycles. The van der Waals surface area contributed by atoms with Gasteiger partial charge in [-0.3, -0.25) is 14.6 Å². The molecule has 148 valence electrons. The molecule has 7 nitrogen and oxygen atoms in total. The number of amides is 1. The number of carboxylic acids is 1. The van der Waals surface area contributed by atoms with Crippen LogP contribution in [0.5, 0.6) is 0 Å². The van der Waals surface area contributed by atoms with Crippen LogP contribution in [0.15, 0.2) is 18.5 Å². The third-order valence-corrected chi connectivity index (χ3v) is 5.33. The normalized spacial score (nSPS) is 10.3. The minimum atomic E-state index is -0.805. The largest absolute Gasteiger partial charge is 0.481 e. The van der Waals surface area contributed by atoms with Crippen molar-refractivity contribution in [1.82, 2.24) is 10.3 Å². The number of nitrogens with one attached hydrogen (secondary N) is 1. The number of carbonyl (C=O) groups is 2. The molecule has 0 bridgehead atoms. The van der Waals surface area contributed by atoms with Crippen molar-refractivity contribution in [2.24, 2.45) is 0 Å². The topological polar surface area (TPSA) is 97.8 Å². The highest BCUT2D eigenvalue weighted by Gasteiger charge is 2.07. The lowest BCUT2D eigenvalue weighted by molar-refractivity contribution is -0.136. The van der Waals surface area contributed by atoms with Gasteiger partial charge < -0.3 is 19.9 Å². The number of aliphatic carboxylic acids is 1. The number of ether oxygens (including phenoxy) is 2. The van der Waals surface area contributed by atoms with Crippen LogP contribution in [-0.2, 0) is 14.3 Å². The first-order chi connectivity index (χ1) is 13.1. The van der Waals surface area contributed by atoms with Crippen molar-refractivity contribution in [3.63, 3.8) is 0 Å². The molecule has 0 radical (unpaired) electrons. The van der Waals surface area contributed by atoms with Gasteiger partial charge in [0.1, 0.15) is 0 Å². The first-order valence-corrected chi connectivity index (χ1v) is 11.0. The Balaban J connectivity index is 2.46. The van der Waals surface area contributed by atoms with Gasteiger partial charge in [-0.15, -0.1) is 0 Å². The van der Waals surface area contributed by atoms with Crippen LogP contribution in [-0.4, -0.2) is 59.5 Å². The fourth-order valence-corrected chi connectivity index (χ4v) is 3.65. The average molecular weight is 413 g/mol. The maximum atomic E-state index is 12.2. The van der Waals surface area contributed by atoms with Crippen LogP contribution in [0.3, 0.4) is 0 Å². The van der Waals surface area contributed by atoms with E-state index in [1.165, 1.54) is 27.8 Å². The van der Waals surface area contributed by atoms with Crippen molar-refractivity contribution >= 4 is 33.5 Å². The SMILES string of the molecule is CCOC(C#Cc1cncc(C(=O)NCCSSCCC(=O)O)c1)OCC. The van der Waals surface area contributed by atoms with E-state index in [9.17, 15) is 9.59 Å². The summed E-state index contributed by atoms with van der Waals surface area (Å²) >= 11 is 0.